The van der Waals surface area contributed by atoms with Crippen molar-refractivity contribution in [2.24, 2.45) is 0 Å². The number of para-hydroxylation sites is 2. The Bertz CT molecular complexity index is 977. The summed E-state index contributed by atoms with van der Waals surface area (Å²) >= 11 is 0. The predicted octanol–water partition coefficient (Wildman–Crippen LogP) is 10.2. The van der Waals surface area contributed by atoms with E-state index in [1.54, 1.807) is 0 Å². The lowest BCUT2D eigenvalue weighted by Gasteiger charge is -2.03. The SMILES string of the molecule is O=C1CCCCCCCCCCCO1.c1ccc(Cc2ccccc2)cc1.c1ccc(Oc2ccccc2)cc1. The molecule has 3 nitrogen and oxygen atoms in total. The highest BCUT2D eigenvalue weighted by molar-refractivity contribution is 5.69. The van der Waals surface area contributed by atoms with Gasteiger partial charge in [0.05, 0.1) is 6.61 Å². The Hall–Kier alpha value is -3.85. The topological polar surface area (TPSA) is 35.5 Å². The van der Waals surface area contributed by atoms with Gasteiger partial charge in [-0.05, 0) is 54.7 Å². The van der Waals surface area contributed by atoms with Crippen molar-refractivity contribution in [2.45, 2.75) is 70.6 Å². The van der Waals surface area contributed by atoms with Crippen LogP contribution >= 0.6 is 0 Å². The third kappa shape index (κ3) is 14.3. The van der Waals surface area contributed by atoms with Crippen molar-refractivity contribution in [3.63, 3.8) is 0 Å². The average molecular weight is 537 g/mol. The fraction of sp³-hybridized carbons (Fsp3) is 0.324. The van der Waals surface area contributed by atoms with Gasteiger partial charge in [-0.25, -0.2) is 0 Å². The van der Waals surface area contributed by atoms with Gasteiger partial charge in [0.1, 0.15) is 11.5 Å². The molecule has 1 heterocycles. The van der Waals surface area contributed by atoms with Crippen molar-refractivity contribution in [3.8, 4) is 11.5 Å². The first-order valence-corrected chi connectivity index (χ1v) is 14.8. The number of ether oxygens (including phenoxy) is 2. The summed E-state index contributed by atoms with van der Waals surface area (Å²) < 4.78 is 10.7. The second kappa shape index (κ2) is 20.1. The highest BCUT2D eigenvalue weighted by atomic mass is 16.5. The van der Waals surface area contributed by atoms with Gasteiger partial charge in [0, 0.05) is 6.42 Å². The number of hydrogen-bond acceptors (Lipinski definition) is 3. The van der Waals surface area contributed by atoms with Crippen LogP contribution in [0.15, 0.2) is 121 Å². The molecule has 0 aromatic heterocycles. The van der Waals surface area contributed by atoms with E-state index in [2.05, 4.69) is 60.7 Å². The molecule has 5 rings (SSSR count). The molecule has 0 radical (unpaired) electrons. The quantitative estimate of drug-likeness (QED) is 0.243. The normalized spacial score (nSPS) is 14.2. The number of carbonyl (C=O) groups is 1. The van der Waals surface area contributed by atoms with Crippen LogP contribution in [-0.2, 0) is 16.0 Å². The zero-order valence-electron chi connectivity index (χ0n) is 23.8. The molecular weight excluding hydrogens is 492 g/mol. The molecule has 0 aliphatic carbocycles. The number of cyclic esters (lactones) is 1. The fourth-order valence-corrected chi connectivity index (χ4v) is 4.41. The second-order valence-corrected chi connectivity index (χ2v) is 10.0. The molecule has 40 heavy (non-hydrogen) atoms. The Morgan fingerprint density at radius 3 is 1.30 bits per heavy atom. The lowest BCUT2D eigenvalue weighted by molar-refractivity contribution is -0.143. The van der Waals surface area contributed by atoms with Crippen LogP contribution in [0.3, 0.4) is 0 Å². The highest BCUT2D eigenvalue weighted by Gasteiger charge is 2.03. The molecule has 4 aromatic rings. The smallest absolute Gasteiger partial charge is 0.305 e. The van der Waals surface area contributed by atoms with E-state index < -0.39 is 0 Å². The van der Waals surface area contributed by atoms with Crippen LogP contribution in [0.25, 0.3) is 0 Å². The molecule has 4 aromatic carbocycles. The van der Waals surface area contributed by atoms with Gasteiger partial charge in [-0.3, -0.25) is 4.79 Å². The van der Waals surface area contributed by atoms with Gasteiger partial charge < -0.3 is 9.47 Å². The zero-order valence-corrected chi connectivity index (χ0v) is 23.8. The molecule has 0 bridgehead atoms. The molecule has 1 aliphatic heterocycles. The van der Waals surface area contributed by atoms with Crippen LogP contribution in [-0.4, -0.2) is 12.6 Å². The minimum Gasteiger partial charge on any atom is -0.466 e. The Labute approximate surface area is 241 Å². The summed E-state index contributed by atoms with van der Waals surface area (Å²) in [4.78, 5) is 11.2. The fourth-order valence-electron chi connectivity index (χ4n) is 4.41. The largest absolute Gasteiger partial charge is 0.466 e. The highest BCUT2D eigenvalue weighted by Crippen LogP contribution is 2.19. The van der Waals surface area contributed by atoms with Gasteiger partial charge in [0.2, 0.25) is 0 Å². The Kier molecular flexibility index (Phi) is 15.4. The van der Waals surface area contributed by atoms with E-state index in [-0.39, 0.29) is 5.97 Å². The van der Waals surface area contributed by atoms with E-state index >= 15 is 0 Å². The Morgan fingerprint density at radius 2 is 0.850 bits per heavy atom. The molecule has 1 fully saturated rings. The summed E-state index contributed by atoms with van der Waals surface area (Å²) in [6.07, 6.45) is 12.8. The van der Waals surface area contributed by atoms with Crippen molar-refractivity contribution in [3.05, 3.63) is 132 Å². The van der Waals surface area contributed by atoms with Crippen molar-refractivity contribution in [2.75, 3.05) is 6.61 Å². The number of hydrogen-bond donors (Lipinski definition) is 0. The lowest BCUT2D eigenvalue weighted by atomic mass is 10.1. The van der Waals surface area contributed by atoms with Gasteiger partial charge in [0.15, 0.2) is 0 Å². The molecule has 0 N–H and O–H groups in total. The number of rotatable bonds is 4. The van der Waals surface area contributed by atoms with E-state index in [0.29, 0.717) is 13.0 Å². The monoisotopic (exact) mass is 536 g/mol. The van der Waals surface area contributed by atoms with Crippen molar-refractivity contribution < 1.29 is 14.3 Å². The van der Waals surface area contributed by atoms with Crippen LogP contribution in [0.5, 0.6) is 11.5 Å². The van der Waals surface area contributed by atoms with Crippen LogP contribution in [0, 0.1) is 0 Å². The van der Waals surface area contributed by atoms with Crippen molar-refractivity contribution in [1.82, 2.24) is 0 Å². The summed E-state index contributed by atoms with van der Waals surface area (Å²) in [5.41, 5.74) is 2.74. The van der Waals surface area contributed by atoms with E-state index in [4.69, 9.17) is 9.47 Å². The first-order chi connectivity index (χ1) is 19.8. The van der Waals surface area contributed by atoms with E-state index in [1.165, 1.54) is 56.1 Å². The van der Waals surface area contributed by atoms with Crippen LogP contribution in [0.1, 0.15) is 75.3 Å². The molecular formula is C37H44O3. The maximum atomic E-state index is 11.2. The number of esters is 1. The average Bonchev–Trinajstić information content (AvgIpc) is 3.03. The molecule has 0 unspecified atom stereocenters. The molecule has 0 atom stereocenters. The number of carbonyl (C=O) groups excluding carboxylic acids is 1. The van der Waals surface area contributed by atoms with Gasteiger partial charge in [-0.15, -0.1) is 0 Å². The minimum atomic E-state index is 0.00393. The van der Waals surface area contributed by atoms with Crippen LogP contribution < -0.4 is 4.74 Å². The summed E-state index contributed by atoms with van der Waals surface area (Å²) in [5, 5.41) is 0. The maximum absolute atomic E-state index is 11.2. The molecule has 0 amide bonds. The second-order valence-electron chi connectivity index (χ2n) is 10.0. The Morgan fingerprint density at radius 1 is 0.475 bits per heavy atom. The summed E-state index contributed by atoms with van der Waals surface area (Å²) in [7, 11) is 0. The standard InChI is InChI=1S/C13H12.C12H22O2.C12H10O/c1-3-7-12(8-4-1)11-13-9-5-2-6-10-13;13-12-10-8-6-4-2-1-3-5-7-9-11-14-12;1-3-7-11(8-4-1)13-12-9-5-2-6-10-12/h1-10H,11H2;1-11H2;1-10H. The molecule has 1 aliphatic rings. The third-order valence-corrected chi connectivity index (χ3v) is 6.60. The van der Waals surface area contributed by atoms with E-state index in [1.807, 2.05) is 60.7 Å². The van der Waals surface area contributed by atoms with Crippen LogP contribution in [0.4, 0.5) is 0 Å². The first-order valence-electron chi connectivity index (χ1n) is 14.8. The molecule has 1 saturated heterocycles. The van der Waals surface area contributed by atoms with E-state index in [9.17, 15) is 4.79 Å². The Balaban J connectivity index is 0.000000165. The molecule has 210 valence electrons. The first kappa shape index (κ1) is 30.7. The predicted molar refractivity (Wildman–Crippen MR) is 166 cm³/mol. The minimum absolute atomic E-state index is 0.00393. The molecule has 0 saturated carbocycles. The zero-order chi connectivity index (χ0) is 27.9. The van der Waals surface area contributed by atoms with Gasteiger partial charge in [-0.1, -0.05) is 142 Å². The van der Waals surface area contributed by atoms with E-state index in [0.717, 1.165) is 30.8 Å². The summed E-state index contributed by atoms with van der Waals surface area (Å²) in [6, 6.07) is 40.6. The lowest BCUT2D eigenvalue weighted by Crippen LogP contribution is -2.05. The van der Waals surface area contributed by atoms with Gasteiger partial charge in [0.25, 0.3) is 0 Å². The van der Waals surface area contributed by atoms with Crippen LogP contribution in [0.2, 0.25) is 0 Å². The molecule has 3 heteroatoms. The van der Waals surface area contributed by atoms with Crippen molar-refractivity contribution in [1.29, 1.82) is 0 Å². The maximum Gasteiger partial charge on any atom is 0.305 e. The van der Waals surface area contributed by atoms with Gasteiger partial charge >= 0.3 is 5.97 Å². The summed E-state index contributed by atoms with van der Waals surface area (Å²) in [6.45, 7) is 0.638. The number of benzene rings is 4. The molecule has 0 spiro atoms. The summed E-state index contributed by atoms with van der Waals surface area (Å²) in [5.74, 6) is 1.74. The van der Waals surface area contributed by atoms with Crippen molar-refractivity contribution >= 4 is 5.97 Å². The third-order valence-electron chi connectivity index (χ3n) is 6.60. The van der Waals surface area contributed by atoms with Gasteiger partial charge in [-0.2, -0.15) is 0 Å².